The first-order chi connectivity index (χ1) is 8.74. The van der Waals surface area contributed by atoms with Gasteiger partial charge in [0.15, 0.2) is 0 Å². The zero-order valence-corrected chi connectivity index (χ0v) is 11.9. The fraction of sp³-hybridized carbons (Fsp3) is 0.875. The largest absolute Gasteiger partial charge is 0.396 e. The Labute approximate surface area is 112 Å². The van der Waals surface area contributed by atoms with Crippen molar-refractivity contribution in [2.24, 2.45) is 23.7 Å². The minimum Gasteiger partial charge on any atom is -0.396 e. The summed E-state index contributed by atoms with van der Waals surface area (Å²) < 4.78 is 0. The second-order valence-electron chi connectivity index (χ2n) is 6.31. The normalized spacial score (nSPS) is 32.9. The molecule has 5 unspecified atom stereocenters. The summed E-state index contributed by atoms with van der Waals surface area (Å²) in [6.07, 6.45) is 11.0. The molecule has 18 heavy (non-hydrogen) atoms. The van der Waals surface area contributed by atoms with E-state index in [2.05, 4.69) is 31.3 Å². The molecule has 0 aliphatic heterocycles. The molecule has 2 nitrogen and oxygen atoms in total. The minimum absolute atomic E-state index is 0.331. The Morgan fingerprint density at radius 3 is 2.67 bits per heavy atom. The summed E-state index contributed by atoms with van der Waals surface area (Å²) in [6.45, 7) is 5.99. The van der Waals surface area contributed by atoms with E-state index in [4.69, 9.17) is 5.11 Å². The van der Waals surface area contributed by atoms with E-state index < -0.39 is 0 Å². The highest BCUT2D eigenvalue weighted by Gasteiger charge is 2.38. The van der Waals surface area contributed by atoms with Crippen LogP contribution in [0.4, 0.5) is 0 Å². The maximum absolute atomic E-state index is 9.09. The fourth-order valence-corrected chi connectivity index (χ4v) is 3.84. The highest BCUT2D eigenvalue weighted by Crippen LogP contribution is 2.44. The van der Waals surface area contributed by atoms with Gasteiger partial charge in [-0.25, -0.2) is 0 Å². The van der Waals surface area contributed by atoms with Crippen molar-refractivity contribution in [1.29, 1.82) is 0 Å². The van der Waals surface area contributed by atoms with Gasteiger partial charge < -0.3 is 10.4 Å². The predicted octanol–water partition coefficient (Wildman–Crippen LogP) is 2.98. The van der Waals surface area contributed by atoms with Crippen molar-refractivity contribution in [2.75, 3.05) is 13.2 Å². The monoisotopic (exact) mass is 251 g/mol. The first-order valence-corrected chi connectivity index (χ1v) is 7.77. The predicted molar refractivity (Wildman–Crippen MR) is 76.4 cm³/mol. The van der Waals surface area contributed by atoms with Gasteiger partial charge in [0.25, 0.3) is 0 Å². The molecule has 5 atom stereocenters. The highest BCUT2D eigenvalue weighted by atomic mass is 16.3. The second kappa shape index (κ2) is 6.72. The molecule has 1 fully saturated rings. The van der Waals surface area contributed by atoms with Crippen molar-refractivity contribution < 1.29 is 5.11 Å². The number of nitrogens with one attached hydrogen (secondary N) is 1. The van der Waals surface area contributed by atoms with Crippen molar-refractivity contribution in [3.05, 3.63) is 12.2 Å². The van der Waals surface area contributed by atoms with Crippen LogP contribution in [0.2, 0.25) is 0 Å². The highest BCUT2D eigenvalue weighted by molar-refractivity contribution is 5.11. The van der Waals surface area contributed by atoms with Crippen LogP contribution in [0, 0.1) is 23.7 Å². The van der Waals surface area contributed by atoms with Crippen LogP contribution < -0.4 is 5.32 Å². The summed E-state index contributed by atoms with van der Waals surface area (Å²) in [4.78, 5) is 0. The Bertz CT molecular complexity index is 270. The van der Waals surface area contributed by atoms with Gasteiger partial charge in [0, 0.05) is 12.6 Å². The van der Waals surface area contributed by atoms with E-state index in [9.17, 15) is 0 Å². The van der Waals surface area contributed by atoms with Crippen molar-refractivity contribution >= 4 is 0 Å². The number of aliphatic hydroxyl groups is 1. The number of fused-ring (bicyclic) bond motifs is 2. The molecule has 2 N–H and O–H groups in total. The van der Waals surface area contributed by atoms with E-state index in [-0.39, 0.29) is 0 Å². The smallest absolute Gasteiger partial charge is 0.0434 e. The van der Waals surface area contributed by atoms with E-state index in [1.165, 1.54) is 25.7 Å². The molecule has 0 aromatic rings. The summed E-state index contributed by atoms with van der Waals surface area (Å²) in [7, 11) is 0. The van der Waals surface area contributed by atoms with Gasteiger partial charge in [-0.3, -0.25) is 0 Å². The molecular weight excluding hydrogens is 222 g/mol. The molecule has 0 amide bonds. The van der Waals surface area contributed by atoms with E-state index in [0.29, 0.717) is 18.6 Å². The van der Waals surface area contributed by atoms with Gasteiger partial charge in [0.1, 0.15) is 0 Å². The lowest BCUT2D eigenvalue weighted by Crippen LogP contribution is -2.38. The topological polar surface area (TPSA) is 32.3 Å². The quantitative estimate of drug-likeness (QED) is 0.650. The molecule has 2 heteroatoms. The van der Waals surface area contributed by atoms with E-state index in [0.717, 1.165) is 30.7 Å². The average Bonchev–Trinajstić information content (AvgIpc) is 2.98. The molecule has 2 bridgehead atoms. The van der Waals surface area contributed by atoms with Gasteiger partial charge in [0.05, 0.1) is 0 Å². The second-order valence-corrected chi connectivity index (χ2v) is 6.31. The zero-order valence-electron chi connectivity index (χ0n) is 11.9. The number of aliphatic hydroxyl groups excluding tert-OH is 1. The third kappa shape index (κ3) is 3.36. The van der Waals surface area contributed by atoms with Crippen molar-refractivity contribution in [3.63, 3.8) is 0 Å². The number of hydrogen-bond donors (Lipinski definition) is 2. The van der Waals surface area contributed by atoms with Crippen molar-refractivity contribution in [2.45, 2.75) is 52.0 Å². The van der Waals surface area contributed by atoms with Crippen LogP contribution in [-0.2, 0) is 0 Å². The summed E-state index contributed by atoms with van der Waals surface area (Å²) in [5.41, 5.74) is 0. The number of hydrogen-bond acceptors (Lipinski definition) is 2. The molecule has 0 spiro atoms. The first kappa shape index (κ1) is 14.1. The molecule has 1 saturated carbocycles. The Morgan fingerprint density at radius 2 is 2.11 bits per heavy atom. The van der Waals surface area contributed by atoms with Gasteiger partial charge in [-0.15, -0.1) is 0 Å². The van der Waals surface area contributed by atoms with Crippen LogP contribution in [0.25, 0.3) is 0 Å². The minimum atomic E-state index is 0.331. The van der Waals surface area contributed by atoms with Crippen LogP contribution in [-0.4, -0.2) is 24.3 Å². The van der Waals surface area contributed by atoms with Gasteiger partial charge in [0.2, 0.25) is 0 Å². The molecule has 2 rings (SSSR count). The molecule has 2 aliphatic rings. The van der Waals surface area contributed by atoms with Crippen molar-refractivity contribution in [3.8, 4) is 0 Å². The molecular formula is C16H29NO. The fourth-order valence-electron chi connectivity index (χ4n) is 3.84. The van der Waals surface area contributed by atoms with Crippen LogP contribution in [0.1, 0.15) is 46.0 Å². The van der Waals surface area contributed by atoms with Gasteiger partial charge >= 0.3 is 0 Å². The average molecular weight is 251 g/mol. The van der Waals surface area contributed by atoms with E-state index in [1.54, 1.807) is 0 Å². The van der Waals surface area contributed by atoms with Crippen LogP contribution in [0.3, 0.4) is 0 Å². The van der Waals surface area contributed by atoms with Gasteiger partial charge in [-0.05, 0) is 62.8 Å². The van der Waals surface area contributed by atoms with E-state index >= 15 is 0 Å². The molecule has 0 heterocycles. The van der Waals surface area contributed by atoms with E-state index in [1.807, 2.05) is 0 Å². The van der Waals surface area contributed by atoms with Crippen LogP contribution >= 0.6 is 0 Å². The Kier molecular flexibility index (Phi) is 5.25. The molecule has 0 radical (unpaired) electrons. The third-order valence-electron chi connectivity index (χ3n) is 4.94. The summed E-state index contributed by atoms with van der Waals surface area (Å²) in [5.74, 6) is 3.20. The molecule has 104 valence electrons. The van der Waals surface area contributed by atoms with Crippen molar-refractivity contribution in [1.82, 2.24) is 5.32 Å². The SMILES string of the molecule is CCCC(CCO)CNC(C)C1CC2C=CC1C2. The maximum Gasteiger partial charge on any atom is 0.0434 e. The van der Waals surface area contributed by atoms with Crippen LogP contribution in [0.5, 0.6) is 0 Å². The molecule has 2 aliphatic carbocycles. The Balaban J connectivity index is 1.73. The van der Waals surface area contributed by atoms with Gasteiger partial charge in [-0.2, -0.15) is 0 Å². The number of allylic oxidation sites excluding steroid dienone is 2. The first-order valence-electron chi connectivity index (χ1n) is 7.77. The zero-order chi connectivity index (χ0) is 13.0. The molecule has 0 aromatic heterocycles. The summed E-state index contributed by atoms with van der Waals surface area (Å²) in [5, 5.41) is 12.8. The maximum atomic E-state index is 9.09. The molecule has 0 aromatic carbocycles. The van der Waals surface area contributed by atoms with Gasteiger partial charge in [-0.1, -0.05) is 25.5 Å². The molecule has 0 saturated heterocycles. The lowest BCUT2D eigenvalue weighted by atomic mass is 9.87. The third-order valence-corrected chi connectivity index (χ3v) is 4.94. The standard InChI is InChI=1S/C16H29NO/c1-3-4-13(7-8-18)11-17-12(2)16-10-14-5-6-15(16)9-14/h5-6,12-18H,3-4,7-11H2,1-2H3. The Hall–Kier alpha value is -0.340. The van der Waals surface area contributed by atoms with Crippen LogP contribution in [0.15, 0.2) is 12.2 Å². The summed E-state index contributed by atoms with van der Waals surface area (Å²) in [6, 6.07) is 0.628. The summed E-state index contributed by atoms with van der Waals surface area (Å²) >= 11 is 0. The lowest BCUT2D eigenvalue weighted by molar-refractivity contribution is 0.237. The number of rotatable bonds is 8. The Morgan fingerprint density at radius 1 is 1.28 bits per heavy atom. The lowest BCUT2D eigenvalue weighted by Gasteiger charge is -2.28.